The van der Waals surface area contributed by atoms with Crippen LogP contribution in [0.1, 0.15) is 43.7 Å². The van der Waals surface area contributed by atoms with Crippen molar-refractivity contribution in [2.75, 3.05) is 5.75 Å². The third-order valence-corrected chi connectivity index (χ3v) is 6.68. The first-order valence-corrected chi connectivity index (χ1v) is 9.51. The number of thioether (sulfide) groups is 1. The lowest BCUT2D eigenvalue weighted by Gasteiger charge is -2.28. The van der Waals surface area contributed by atoms with Gasteiger partial charge in [0, 0.05) is 10.9 Å². The molecule has 2 fully saturated rings. The molecule has 1 N–H and O–H groups in total. The second-order valence-corrected chi connectivity index (χ2v) is 8.27. The van der Waals surface area contributed by atoms with Crippen molar-refractivity contribution in [1.82, 2.24) is 5.32 Å². The molecule has 1 amide bonds. The SMILES string of the molecule is Cc1ccc(C)c(SCC(=O)NC(C)C2CC3CCC2C3)c1. The molecule has 2 aliphatic rings. The lowest BCUT2D eigenvalue weighted by Crippen LogP contribution is -2.40. The van der Waals surface area contributed by atoms with E-state index in [1.54, 1.807) is 11.8 Å². The zero-order chi connectivity index (χ0) is 15.7. The van der Waals surface area contributed by atoms with Gasteiger partial charge in [0.2, 0.25) is 5.91 Å². The summed E-state index contributed by atoms with van der Waals surface area (Å²) in [4.78, 5) is 13.5. The van der Waals surface area contributed by atoms with E-state index < -0.39 is 0 Å². The minimum Gasteiger partial charge on any atom is -0.353 e. The number of aryl methyl sites for hydroxylation is 2. The van der Waals surface area contributed by atoms with Gasteiger partial charge in [-0.3, -0.25) is 4.79 Å². The number of carbonyl (C=O) groups is 1. The van der Waals surface area contributed by atoms with E-state index in [-0.39, 0.29) is 5.91 Å². The number of nitrogens with one attached hydrogen (secondary N) is 1. The Morgan fingerprint density at radius 1 is 1.32 bits per heavy atom. The van der Waals surface area contributed by atoms with Crippen LogP contribution in [-0.4, -0.2) is 17.7 Å². The van der Waals surface area contributed by atoms with Gasteiger partial charge < -0.3 is 5.32 Å². The molecular formula is C19H27NOS. The zero-order valence-corrected chi connectivity index (χ0v) is 14.7. The first kappa shape index (κ1) is 15.9. The van der Waals surface area contributed by atoms with E-state index in [2.05, 4.69) is 44.3 Å². The van der Waals surface area contributed by atoms with Gasteiger partial charge in [-0.05, 0) is 69.4 Å². The summed E-state index contributed by atoms with van der Waals surface area (Å²) in [5.74, 6) is 3.23. The van der Waals surface area contributed by atoms with Gasteiger partial charge in [0.1, 0.15) is 0 Å². The van der Waals surface area contributed by atoms with E-state index in [0.29, 0.717) is 17.7 Å². The van der Waals surface area contributed by atoms with Gasteiger partial charge in [0.15, 0.2) is 0 Å². The summed E-state index contributed by atoms with van der Waals surface area (Å²) in [6, 6.07) is 6.76. The van der Waals surface area contributed by atoms with Crippen LogP contribution in [0, 0.1) is 31.6 Å². The smallest absolute Gasteiger partial charge is 0.230 e. The predicted octanol–water partition coefficient (Wildman–Crippen LogP) is 4.34. The zero-order valence-electron chi connectivity index (χ0n) is 13.9. The topological polar surface area (TPSA) is 29.1 Å². The van der Waals surface area contributed by atoms with Gasteiger partial charge in [0.25, 0.3) is 0 Å². The molecule has 2 nitrogen and oxygen atoms in total. The number of carbonyl (C=O) groups excluding carboxylic acids is 1. The molecule has 0 heterocycles. The predicted molar refractivity (Wildman–Crippen MR) is 93.2 cm³/mol. The first-order chi connectivity index (χ1) is 10.5. The number of hydrogen-bond acceptors (Lipinski definition) is 2. The van der Waals surface area contributed by atoms with Crippen molar-refractivity contribution in [3.8, 4) is 0 Å². The fraction of sp³-hybridized carbons (Fsp3) is 0.632. The minimum atomic E-state index is 0.182. The molecule has 1 aromatic carbocycles. The highest BCUT2D eigenvalue weighted by Gasteiger charge is 2.42. The molecule has 2 saturated carbocycles. The van der Waals surface area contributed by atoms with Gasteiger partial charge >= 0.3 is 0 Å². The second-order valence-electron chi connectivity index (χ2n) is 7.25. The van der Waals surface area contributed by atoms with E-state index in [0.717, 1.165) is 11.8 Å². The number of fused-ring (bicyclic) bond motifs is 2. The molecule has 4 unspecified atom stereocenters. The van der Waals surface area contributed by atoms with Crippen LogP contribution < -0.4 is 5.32 Å². The third kappa shape index (κ3) is 3.51. The molecule has 3 rings (SSSR count). The molecule has 120 valence electrons. The van der Waals surface area contributed by atoms with Crippen LogP contribution in [0.15, 0.2) is 23.1 Å². The molecule has 3 heteroatoms. The average molecular weight is 317 g/mol. The van der Waals surface area contributed by atoms with Crippen LogP contribution in [0.25, 0.3) is 0 Å². The summed E-state index contributed by atoms with van der Waals surface area (Å²) in [6.45, 7) is 6.41. The fourth-order valence-corrected chi connectivity index (χ4v) is 5.25. The van der Waals surface area contributed by atoms with Crippen LogP contribution in [0.2, 0.25) is 0 Å². The third-order valence-electron chi connectivity index (χ3n) is 5.53. The van der Waals surface area contributed by atoms with Crippen LogP contribution in [0.3, 0.4) is 0 Å². The van der Waals surface area contributed by atoms with Crippen molar-refractivity contribution in [2.45, 2.75) is 57.4 Å². The molecule has 2 bridgehead atoms. The minimum absolute atomic E-state index is 0.182. The molecule has 4 atom stereocenters. The van der Waals surface area contributed by atoms with Crippen LogP contribution >= 0.6 is 11.8 Å². The Hall–Kier alpha value is -0.960. The summed E-state index contributed by atoms with van der Waals surface area (Å²) in [5, 5.41) is 3.25. The molecule has 0 spiro atoms. The maximum Gasteiger partial charge on any atom is 0.230 e. The number of benzene rings is 1. The first-order valence-electron chi connectivity index (χ1n) is 8.52. The molecule has 22 heavy (non-hydrogen) atoms. The van der Waals surface area contributed by atoms with E-state index in [9.17, 15) is 4.79 Å². The molecule has 0 aliphatic heterocycles. The van der Waals surface area contributed by atoms with E-state index in [4.69, 9.17) is 0 Å². The van der Waals surface area contributed by atoms with E-state index in [1.807, 2.05) is 0 Å². The van der Waals surface area contributed by atoms with Gasteiger partial charge in [-0.1, -0.05) is 24.1 Å². The highest BCUT2D eigenvalue weighted by molar-refractivity contribution is 8.00. The van der Waals surface area contributed by atoms with Gasteiger partial charge in [0.05, 0.1) is 5.75 Å². The van der Waals surface area contributed by atoms with Crippen LogP contribution in [0.5, 0.6) is 0 Å². The highest BCUT2D eigenvalue weighted by Crippen LogP contribution is 2.49. The van der Waals surface area contributed by atoms with Crippen LogP contribution in [-0.2, 0) is 4.79 Å². The van der Waals surface area contributed by atoms with Crippen molar-refractivity contribution in [3.63, 3.8) is 0 Å². The molecule has 2 aliphatic carbocycles. The van der Waals surface area contributed by atoms with Crippen molar-refractivity contribution >= 4 is 17.7 Å². The molecule has 0 saturated heterocycles. The maximum absolute atomic E-state index is 12.3. The van der Waals surface area contributed by atoms with Crippen LogP contribution in [0.4, 0.5) is 0 Å². The monoisotopic (exact) mass is 317 g/mol. The largest absolute Gasteiger partial charge is 0.353 e. The second kappa shape index (κ2) is 6.66. The summed E-state index contributed by atoms with van der Waals surface area (Å²) in [5.41, 5.74) is 2.51. The Morgan fingerprint density at radius 2 is 2.14 bits per heavy atom. The van der Waals surface area contributed by atoms with E-state index >= 15 is 0 Å². The summed E-state index contributed by atoms with van der Waals surface area (Å²) >= 11 is 1.66. The Labute approximate surface area is 138 Å². The van der Waals surface area contributed by atoms with Gasteiger partial charge in [-0.2, -0.15) is 0 Å². The average Bonchev–Trinajstić information content (AvgIpc) is 3.11. The normalized spacial score (nSPS) is 27.9. The molecule has 0 radical (unpaired) electrons. The summed E-state index contributed by atoms with van der Waals surface area (Å²) in [7, 11) is 0. The Bertz CT molecular complexity index is 556. The number of rotatable bonds is 5. The number of hydrogen-bond donors (Lipinski definition) is 1. The lowest BCUT2D eigenvalue weighted by atomic mass is 9.84. The van der Waals surface area contributed by atoms with E-state index in [1.165, 1.54) is 41.7 Å². The van der Waals surface area contributed by atoms with Gasteiger partial charge in [-0.25, -0.2) is 0 Å². The van der Waals surface area contributed by atoms with Crippen molar-refractivity contribution in [2.24, 2.45) is 17.8 Å². The highest BCUT2D eigenvalue weighted by atomic mass is 32.2. The lowest BCUT2D eigenvalue weighted by molar-refractivity contribution is -0.119. The quantitative estimate of drug-likeness (QED) is 0.819. The van der Waals surface area contributed by atoms with Gasteiger partial charge in [-0.15, -0.1) is 11.8 Å². The maximum atomic E-state index is 12.3. The summed E-state index contributed by atoms with van der Waals surface area (Å²) in [6.07, 6.45) is 5.54. The molecule has 1 aromatic rings. The summed E-state index contributed by atoms with van der Waals surface area (Å²) < 4.78 is 0. The number of amides is 1. The Kier molecular flexibility index (Phi) is 4.82. The molecular weight excluding hydrogens is 290 g/mol. The van der Waals surface area contributed by atoms with Crippen molar-refractivity contribution in [1.29, 1.82) is 0 Å². The molecule has 0 aromatic heterocycles. The van der Waals surface area contributed by atoms with Crippen molar-refractivity contribution < 1.29 is 4.79 Å². The fourth-order valence-electron chi connectivity index (χ4n) is 4.32. The Morgan fingerprint density at radius 3 is 2.82 bits per heavy atom. The van der Waals surface area contributed by atoms with Crippen molar-refractivity contribution in [3.05, 3.63) is 29.3 Å². The standard InChI is InChI=1S/C19H27NOS/c1-12-4-5-13(2)18(8-12)22-11-19(21)20-14(3)17-10-15-6-7-16(17)9-15/h4-5,8,14-17H,6-7,9-11H2,1-3H3,(H,20,21). The Balaban J connectivity index is 1.49.